The summed E-state index contributed by atoms with van der Waals surface area (Å²) in [6.07, 6.45) is 1.54. The van der Waals surface area contributed by atoms with Crippen molar-refractivity contribution in [2.24, 2.45) is 5.92 Å². The van der Waals surface area contributed by atoms with Gasteiger partial charge in [0.05, 0.1) is 44.4 Å². The second kappa shape index (κ2) is 7.04. The van der Waals surface area contributed by atoms with E-state index in [9.17, 15) is 14.4 Å². The Morgan fingerprint density at radius 2 is 2.21 bits per heavy atom. The van der Waals surface area contributed by atoms with E-state index in [1.54, 1.807) is 28.2 Å². The van der Waals surface area contributed by atoms with Crippen molar-refractivity contribution in [3.05, 3.63) is 24.2 Å². The number of hydrogen-bond acceptors (Lipinski definition) is 5. The van der Waals surface area contributed by atoms with Gasteiger partial charge in [-0.3, -0.25) is 14.4 Å². The Morgan fingerprint density at radius 1 is 1.38 bits per heavy atom. The summed E-state index contributed by atoms with van der Waals surface area (Å²) in [5, 5.41) is 8.99. The van der Waals surface area contributed by atoms with Crippen molar-refractivity contribution >= 4 is 17.8 Å². The first kappa shape index (κ1) is 16.5. The van der Waals surface area contributed by atoms with E-state index in [-0.39, 0.29) is 31.3 Å². The summed E-state index contributed by atoms with van der Waals surface area (Å²) >= 11 is 0. The van der Waals surface area contributed by atoms with E-state index < -0.39 is 17.9 Å². The molecule has 2 aliphatic heterocycles. The molecule has 2 fully saturated rings. The predicted octanol–water partition coefficient (Wildman–Crippen LogP) is 0.330. The second-order valence-corrected chi connectivity index (χ2v) is 6.11. The molecule has 1 aromatic rings. The SMILES string of the molecule is O=C(O)CC1COCCN1C(=O)C1CC(=O)N(Cc2ccco2)C1. The number of carboxylic acid groups (broad SMARTS) is 1. The standard InChI is InChI=1S/C16H20N2O6/c19-14-6-11(8-17(14)9-13-2-1-4-24-13)16(22)18-3-5-23-10-12(18)7-15(20)21/h1-2,4,11-12H,3,5-10H2,(H,20,21). The van der Waals surface area contributed by atoms with Crippen LogP contribution in [0.25, 0.3) is 0 Å². The van der Waals surface area contributed by atoms with Crippen LogP contribution in [0.4, 0.5) is 0 Å². The van der Waals surface area contributed by atoms with Gasteiger partial charge in [-0.1, -0.05) is 0 Å². The molecule has 130 valence electrons. The fourth-order valence-electron chi connectivity index (χ4n) is 3.23. The average molecular weight is 336 g/mol. The molecular formula is C16H20N2O6. The van der Waals surface area contributed by atoms with Crippen molar-refractivity contribution < 1.29 is 28.6 Å². The molecule has 0 aromatic carbocycles. The molecular weight excluding hydrogens is 316 g/mol. The van der Waals surface area contributed by atoms with Gasteiger partial charge in [-0.15, -0.1) is 0 Å². The number of carbonyl (C=O) groups is 3. The first-order chi connectivity index (χ1) is 11.5. The number of carboxylic acids is 1. The Hall–Kier alpha value is -2.35. The number of rotatable bonds is 5. The third-order valence-electron chi connectivity index (χ3n) is 4.41. The van der Waals surface area contributed by atoms with Crippen LogP contribution in [0.1, 0.15) is 18.6 Å². The number of carbonyl (C=O) groups excluding carboxylic acids is 2. The maximum Gasteiger partial charge on any atom is 0.305 e. The van der Waals surface area contributed by atoms with Gasteiger partial charge in [0, 0.05) is 19.5 Å². The van der Waals surface area contributed by atoms with Gasteiger partial charge in [-0.25, -0.2) is 0 Å². The number of aliphatic carboxylic acids is 1. The molecule has 24 heavy (non-hydrogen) atoms. The zero-order valence-electron chi connectivity index (χ0n) is 13.2. The number of nitrogens with zero attached hydrogens (tertiary/aromatic N) is 2. The quantitative estimate of drug-likeness (QED) is 0.832. The van der Waals surface area contributed by atoms with Crippen LogP contribution in [0.2, 0.25) is 0 Å². The van der Waals surface area contributed by atoms with Gasteiger partial charge in [0.15, 0.2) is 0 Å². The topological polar surface area (TPSA) is 100 Å². The predicted molar refractivity (Wildman–Crippen MR) is 80.8 cm³/mol. The molecule has 0 saturated carbocycles. The number of hydrogen-bond donors (Lipinski definition) is 1. The van der Waals surface area contributed by atoms with Gasteiger partial charge >= 0.3 is 5.97 Å². The molecule has 8 nitrogen and oxygen atoms in total. The number of morpholine rings is 1. The molecule has 2 saturated heterocycles. The molecule has 8 heteroatoms. The van der Waals surface area contributed by atoms with Crippen LogP contribution in [-0.4, -0.2) is 65.0 Å². The number of ether oxygens (including phenoxy) is 1. The lowest BCUT2D eigenvalue weighted by Crippen LogP contribution is -2.51. The lowest BCUT2D eigenvalue weighted by Gasteiger charge is -2.36. The smallest absolute Gasteiger partial charge is 0.305 e. The Morgan fingerprint density at radius 3 is 2.92 bits per heavy atom. The number of likely N-dealkylation sites (tertiary alicyclic amines) is 1. The highest BCUT2D eigenvalue weighted by Crippen LogP contribution is 2.24. The molecule has 3 rings (SSSR count). The first-order valence-corrected chi connectivity index (χ1v) is 7.94. The van der Waals surface area contributed by atoms with Crippen molar-refractivity contribution in [1.82, 2.24) is 9.80 Å². The Kier molecular flexibility index (Phi) is 4.84. The molecule has 0 radical (unpaired) electrons. The summed E-state index contributed by atoms with van der Waals surface area (Å²) in [5.74, 6) is -0.994. The Bertz CT molecular complexity index is 614. The third-order valence-corrected chi connectivity index (χ3v) is 4.41. The Balaban J connectivity index is 1.64. The van der Waals surface area contributed by atoms with E-state index in [1.807, 2.05) is 0 Å². The average Bonchev–Trinajstić information content (AvgIpc) is 3.18. The number of furan rings is 1. The molecule has 0 spiro atoms. The molecule has 0 aliphatic carbocycles. The molecule has 2 atom stereocenters. The van der Waals surface area contributed by atoms with Crippen LogP contribution in [0.15, 0.2) is 22.8 Å². The largest absolute Gasteiger partial charge is 0.481 e. The maximum atomic E-state index is 12.8. The van der Waals surface area contributed by atoms with E-state index in [2.05, 4.69) is 0 Å². The van der Waals surface area contributed by atoms with Gasteiger partial charge in [-0.2, -0.15) is 0 Å². The molecule has 2 unspecified atom stereocenters. The van der Waals surface area contributed by atoms with Crippen molar-refractivity contribution in [3.63, 3.8) is 0 Å². The van der Waals surface area contributed by atoms with E-state index in [4.69, 9.17) is 14.3 Å². The number of amides is 2. The molecule has 1 aromatic heterocycles. The molecule has 2 amide bonds. The van der Waals surface area contributed by atoms with E-state index >= 15 is 0 Å². The highest BCUT2D eigenvalue weighted by atomic mass is 16.5. The fourth-order valence-corrected chi connectivity index (χ4v) is 3.23. The van der Waals surface area contributed by atoms with Crippen molar-refractivity contribution in [2.75, 3.05) is 26.3 Å². The molecule has 1 N–H and O–H groups in total. The van der Waals surface area contributed by atoms with Crippen molar-refractivity contribution in [3.8, 4) is 0 Å². The van der Waals surface area contributed by atoms with E-state index in [0.717, 1.165) is 0 Å². The van der Waals surface area contributed by atoms with Crippen LogP contribution >= 0.6 is 0 Å². The van der Waals surface area contributed by atoms with Gasteiger partial charge in [-0.05, 0) is 12.1 Å². The van der Waals surface area contributed by atoms with Crippen LogP contribution in [-0.2, 0) is 25.7 Å². The van der Waals surface area contributed by atoms with Gasteiger partial charge in [0.1, 0.15) is 5.76 Å². The van der Waals surface area contributed by atoms with Crippen LogP contribution < -0.4 is 0 Å². The molecule has 2 aliphatic rings. The van der Waals surface area contributed by atoms with Crippen LogP contribution in [0.5, 0.6) is 0 Å². The maximum absolute atomic E-state index is 12.8. The van der Waals surface area contributed by atoms with Crippen LogP contribution in [0.3, 0.4) is 0 Å². The second-order valence-electron chi connectivity index (χ2n) is 6.11. The third kappa shape index (κ3) is 3.59. The summed E-state index contributed by atoms with van der Waals surface area (Å²) in [5.41, 5.74) is 0. The molecule has 0 bridgehead atoms. The highest BCUT2D eigenvalue weighted by Gasteiger charge is 2.39. The van der Waals surface area contributed by atoms with Gasteiger partial charge in [0.25, 0.3) is 0 Å². The van der Waals surface area contributed by atoms with Gasteiger partial charge < -0.3 is 24.1 Å². The highest BCUT2D eigenvalue weighted by molar-refractivity contribution is 5.89. The van der Waals surface area contributed by atoms with Crippen LogP contribution in [0, 0.1) is 5.92 Å². The molecule has 3 heterocycles. The zero-order valence-corrected chi connectivity index (χ0v) is 13.2. The summed E-state index contributed by atoms with van der Waals surface area (Å²) in [7, 11) is 0. The summed E-state index contributed by atoms with van der Waals surface area (Å²) in [6.45, 7) is 1.64. The minimum atomic E-state index is -0.967. The zero-order chi connectivity index (χ0) is 17.1. The summed E-state index contributed by atoms with van der Waals surface area (Å²) < 4.78 is 10.5. The fraction of sp³-hybridized carbons (Fsp3) is 0.562. The normalized spacial score (nSPS) is 24.4. The first-order valence-electron chi connectivity index (χ1n) is 7.94. The summed E-state index contributed by atoms with van der Waals surface area (Å²) in [6, 6.07) is 3.06. The Labute approximate surface area is 139 Å². The van der Waals surface area contributed by atoms with E-state index in [0.29, 0.717) is 32.0 Å². The van der Waals surface area contributed by atoms with Crippen molar-refractivity contribution in [2.45, 2.75) is 25.4 Å². The van der Waals surface area contributed by atoms with E-state index in [1.165, 1.54) is 0 Å². The van der Waals surface area contributed by atoms with Crippen molar-refractivity contribution in [1.29, 1.82) is 0 Å². The lowest BCUT2D eigenvalue weighted by atomic mass is 10.0. The minimum absolute atomic E-state index is 0.0900. The monoisotopic (exact) mass is 336 g/mol. The summed E-state index contributed by atoms with van der Waals surface area (Å²) in [4.78, 5) is 39.1. The van der Waals surface area contributed by atoms with Gasteiger partial charge in [0.2, 0.25) is 11.8 Å². The lowest BCUT2D eigenvalue weighted by molar-refractivity contribution is -0.149. The minimum Gasteiger partial charge on any atom is -0.481 e.